The molecule has 0 aromatic carbocycles. The lowest BCUT2D eigenvalue weighted by Gasteiger charge is -2.09. The topological polar surface area (TPSA) is 0 Å². The SMILES string of the molecule is CCCCC(SCCC)=C(C)SC. The summed E-state index contributed by atoms with van der Waals surface area (Å²) in [4.78, 5) is 3.14. The lowest BCUT2D eigenvalue weighted by atomic mass is 10.2. The minimum absolute atomic E-state index is 1.27. The minimum atomic E-state index is 1.27. The molecule has 0 nitrogen and oxygen atoms in total. The summed E-state index contributed by atoms with van der Waals surface area (Å²) in [6, 6.07) is 0. The number of rotatable bonds is 7. The van der Waals surface area contributed by atoms with Crippen molar-refractivity contribution < 1.29 is 0 Å². The molecule has 0 atom stereocenters. The molecule has 0 bridgehead atoms. The Labute approximate surface area is 91.9 Å². The molecule has 0 spiro atoms. The maximum atomic E-state index is 2.26. The molecule has 78 valence electrons. The lowest BCUT2D eigenvalue weighted by molar-refractivity contribution is 0.807. The molecule has 0 heterocycles. The molecule has 0 aromatic heterocycles. The number of thioether (sulfide) groups is 2. The standard InChI is InChI=1S/C11H22S2/c1-5-7-8-11(10(3)12-4)13-9-6-2/h5-9H2,1-4H3. The summed E-state index contributed by atoms with van der Waals surface area (Å²) in [5, 5.41) is 0. The zero-order valence-corrected chi connectivity index (χ0v) is 11.0. The smallest absolute Gasteiger partial charge is 0.00256 e. The molecule has 0 aliphatic heterocycles. The van der Waals surface area contributed by atoms with Crippen molar-refractivity contribution in [1.29, 1.82) is 0 Å². The summed E-state index contributed by atoms with van der Waals surface area (Å²) in [7, 11) is 0. The second-order valence-corrected chi connectivity index (χ2v) is 5.35. The van der Waals surface area contributed by atoms with E-state index in [9.17, 15) is 0 Å². The van der Waals surface area contributed by atoms with Gasteiger partial charge in [0.05, 0.1) is 0 Å². The zero-order valence-electron chi connectivity index (χ0n) is 9.35. The predicted molar refractivity (Wildman–Crippen MR) is 68.5 cm³/mol. The normalized spacial score (nSPS) is 12.9. The molecule has 0 fully saturated rings. The van der Waals surface area contributed by atoms with Crippen molar-refractivity contribution >= 4 is 23.5 Å². The monoisotopic (exact) mass is 218 g/mol. The second-order valence-electron chi connectivity index (χ2n) is 3.14. The fraction of sp³-hybridized carbons (Fsp3) is 0.818. The lowest BCUT2D eigenvalue weighted by Crippen LogP contribution is -1.85. The Hall–Kier alpha value is 0.440. The van der Waals surface area contributed by atoms with Crippen LogP contribution in [0.5, 0.6) is 0 Å². The van der Waals surface area contributed by atoms with Gasteiger partial charge in [0, 0.05) is 0 Å². The van der Waals surface area contributed by atoms with Crippen molar-refractivity contribution in [2.75, 3.05) is 12.0 Å². The Morgan fingerprint density at radius 3 is 2.31 bits per heavy atom. The van der Waals surface area contributed by atoms with Gasteiger partial charge in [-0.05, 0) is 48.0 Å². The van der Waals surface area contributed by atoms with Crippen LogP contribution in [0.1, 0.15) is 46.5 Å². The average Bonchev–Trinajstić information content (AvgIpc) is 2.17. The van der Waals surface area contributed by atoms with E-state index in [-0.39, 0.29) is 0 Å². The van der Waals surface area contributed by atoms with Gasteiger partial charge < -0.3 is 0 Å². The van der Waals surface area contributed by atoms with Gasteiger partial charge in [-0.1, -0.05) is 20.3 Å². The number of hydrogen-bond acceptors (Lipinski definition) is 2. The quantitative estimate of drug-likeness (QED) is 0.595. The molecule has 0 radical (unpaired) electrons. The molecule has 0 aliphatic rings. The summed E-state index contributed by atoms with van der Waals surface area (Å²) >= 11 is 3.95. The van der Waals surface area contributed by atoms with E-state index in [4.69, 9.17) is 0 Å². The molecule has 0 unspecified atom stereocenters. The molecule has 0 aliphatic carbocycles. The van der Waals surface area contributed by atoms with E-state index in [2.05, 4.69) is 38.8 Å². The summed E-state index contributed by atoms with van der Waals surface area (Å²) in [5.41, 5.74) is 0. The molecular weight excluding hydrogens is 196 g/mol. The summed E-state index contributed by atoms with van der Waals surface area (Å²) < 4.78 is 0. The molecule has 2 heteroatoms. The van der Waals surface area contributed by atoms with Gasteiger partial charge in [-0.25, -0.2) is 0 Å². The van der Waals surface area contributed by atoms with E-state index in [1.54, 1.807) is 4.91 Å². The van der Waals surface area contributed by atoms with Crippen LogP contribution in [-0.2, 0) is 0 Å². The summed E-state index contributed by atoms with van der Waals surface area (Å²) in [6.45, 7) is 6.76. The van der Waals surface area contributed by atoms with Crippen LogP contribution in [0.4, 0.5) is 0 Å². The van der Waals surface area contributed by atoms with E-state index < -0.39 is 0 Å². The Morgan fingerprint density at radius 2 is 1.85 bits per heavy atom. The van der Waals surface area contributed by atoms with Crippen molar-refractivity contribution in [3.05, 3.63) is 9.81 Å². The van der Waals surface area contributed by atoms with E-state index in [0.29, 0.717) is 0 Å². The summed E-state index contributed by atoms with van der Waals surface area (Å²) in [6.07, 6.45) is 7.38. The number of unbranched alkanes of at least 4 members (excludes halogenated alkanes) is 1. The van der Waals surface area contributed by atoms with E-state index >= 15 is 0 Å². The molecule has 0 N–H and O–H groups in total. The molecule has 0 saturated carbocycles. The maximum Gasteiger partial charge on any atom is -0.00256 e. The molecular formula is C11H22S2. The van der Waals surface area contributed by atoms with Gasteiger partial charge in [0.2, 0.25) is 0 Å². The third-order valence-corrected chi connectivity index (χ3v) is 4.40. The van der Waals surface area contributed by atoms with Gasteiger partial charge in [-0.3, -0.25) is 0 Å². The number of hydrogen-bond donors (Lipinski definition) is 0. The van der Waals surface area contributed by atoms with Gasteiger partial charge >= 0.3 is 0 Å². The fourth-order valence-corrected chi connectivity index (χ4v) is 2.73. The van der Waals surface area contributed by atoms with E-state index in [1.165, 1.54) is 36.3 Å². The van der Waals surface area contributed by atoms with Gasteiger partial charge in [0.25, 0.3) is 0 Å². The van der Waals surface area contributed by atoms with Gasteiger partial charge in [0.15, 0.2) is 0 Å². The first-order valence-electron chi connectivity index (χ1n) is 5.12. The first-order valence-corrected chi connectivity index (χ1v) is 7.33. The highest BCUT2D eigenvalue weighted by atomic mass is 32.2. The van der Waals surface area contributed by atoms with Crippen LogP contribution in [0.2, 0.25) is 0 Å². The van der Waals surface area contributed by atoms with Crippen LogP contribution in [0.25, 0.3) is 0 Å². The summed E-state index contributed by atoms with van der Waals surface area (Å²) in [5.74, 6) is 1.27. The van der Waals surface area contributed by atoms with Crippen LogP contribution in [-0.4, -0.2) is 12.0 Å². The largest absolute Gasteiger partial charge is 0.134 e. The van der Waals surface area contributed by atoms with Crippen molar-refractivity contribution in [2.45, 2.75) is 46.5 Å². The molecule has 0 saturated heterocycles. The van der Waals surface area contributed by atoms with Crippen LogP contribution in [0, 0.1) is 0 Å². The van der Waals surface area contributed by atoms with Crippen molar-refractivity contribution in [2.24, 2.45) is 0 Å². The van der Waals surface area contributed by atoms with Crippen LogP contribution in [0.3, 0.4) is 0 Å². The zero-order chi connectivity index (χ0) is 10.1. The van der Waals surface area contributed by atoms with E-state index in [0.717, 1.165) is 0 Å². The van der Waals surface area contributed by atoms with Crippen LogP contribution in [0.15, 0.2) is 9.81 Å². The highest BCUT2D eigenvalue weighted by molar-refractivity contribution is 8.06. The van der Waals surface area contributed by atoms with Crippen molar-refractivity contribution in [3.63, 3.8) is 0 Å². The van der Waals surface area contributed by atoms with E-state index in [1.807, 2.05) is 11.8 Å². The predicted octanol–water partition coefficient (Wildman–Crippen LogP) is 4.91. The third kappa shape index (κ3) is 6.50. The first kappa shape index (κ1) is 13.4. The average molecular weight is 218 g/mol. The van der Waals surface area contributed by atoms with Crippen LogP contribution < -0.4 is 0 Å². The van der Waals surface area contributed by atoms with Gasteiger partial charge in [-0.2, -0.15) is 0 Å². The minimum Gasteiger partial charge on any atom is -0.134 e. The van der Waals surface area contributed by atoms with Crippen LogP contribution >= 0.6 is 23.5 Å². The molecule has 0 rings (SSSR count). The highest BCUT2D eigenvalue weighted by Crippen LogP contribution is 2.30. The molecule has 0 amide bonds. The Bertz CT molecular complexity index is 140. The fourth-order valence-electron chi connectivity index (χ4n) is 1.03. The van der Waals surface area contributed by atoms with Crippen molar-refractivity contribution in [1.82, 2.24) is 0 Å². The Kier molecular flexibility index (Phi) is 9.32. The molecule has 0 aromatic rings. The maximum absolute atomic E-state index is 2.26. The second kappa shape index (κ2) is 9.01. The highest BCUT2D eigenvalue weighted by Gasteiger charge is 2.01. The third-order valence-electron chi connectivity index (χ3n) is 1.94. The Morgan fingerprint density at radius 1 is 1.15 bits per heavy atom. The molecule has 13 heavy (non-hydrogen) atoms. The van der Waals surface area contributed by atoms with Gasteiger partial charge in [0.1, 0.15) is 0 Å². The van der Waals surface area contributed by atoms with Gasteiger partial charge in [-0.15, -0.1) is 23.5 Å². The number of allylic oxidation sites excluding steroid dienone is 2. The Balaban J connectivity index is 4.02. The first-order chi connectivity index (χ1) is 6.26. The van der Waals surface area contributed by atoms with Crippen molar-refractivity contribution in [3.8, 4) is 0 Å².